The van der Waals surface area contributed by atoms with E-state index in [2.05, 4.69) is 23.3 Å². The predicted molar refractivity (Wildman–Crippen MR) is 45.0 cm³/mol. The molecule has 1 atom stereocenters. The normalized spacial score (nSPS) is 13.7. The summed E-state index contributed by atoms with van der Waals surface area (Å²) in [6.45, 7) is 4.15. The van der Waals surface area contributed by atoms with Crippen molar-refractivity contribution in [3.63, 3.8) is 0 Å². The Balaban J connectivity index is 2.75. The highest BCUT2D eigenvalue weighted by molar-refractivity contribution is 7.80. The maximum atomic E-state index is 4.17. The van der Waals surface area contributed by atoms with Gasteiger partial charge in [0.1, 0.15) is 0 Å². The van der Waals surface area contributed by atoms with Crippen molar-refractivity contribution in [3.05, 3.63) is 0 Å². The molecule has 0 saturated carbocycles. The molecule has 0 aromatic rings. The standard InChI is InChI=1S/C6H16N2S/c1-6(9)8-5-3-4-7-2/h6-9H,3-5H2,1-2H3. The van der Waals surface area contributed by atoms with Crippen molar-refractivity contribution in [2.75, 3.05) is 20.1 Å². The summed E-state index contributed by atoms with van der Waals surface area (Å²) in [7, 11) is 1.96. The highest BCUT2D eigenvalue weighted by Crippen LogP contribution is 1.84. The summed E-state index contributed by atoms with van der Waals surface area (Å²) < 4.78 is 0. The number of thiol groups is 1. The summed E-state index contributed by atoms with van der Waals surface area (Å²) in [6, 6.07) is 0. The average Bonchev–Trinajstić information content (AvgIpc) is 1.80. The lowest BCUT2D eigenvalue weighted by molar-refractivity contribution is 0.625. The minimum absolute atomic E-state index is 0.321. The molecule has 0 radical (unpaired) electrons. The Hall–Kier alpha value is 0.270. The zero-order valence-corrected chi connectivity index (χ0v) is 7.04. The predicted octanol–water partition coefficient (Wildman–Crippen LogP) is 0.461. The molecule has 0 aliphatic carbocycles. The topological polar surface area (TPSA) is 24.1 Å². The van der Waals surface area contributed by atoms with E-state index in [9.17, 15) is 0 Å². The van der Waals surface area contributed by atoms with Crippen LogP contribution in [0, 0.1) is 0 Å². The third kappa shape index (κ3) is 8.27. The van der Waals surface area contributed by atoms with Crippen LogP contribution >= 0.6 is 12.6 Å². The van der Waals surface area contributed by atoms with Crippen LogP contribution < -0.4 is 10.6 Å². The van der Waals surface area contributed by atoms with Crippen molar-refractivity contribution in [2.24, 2.45) is 0 Å². The van der Waals surface area contributed by atoms with Gasteiger partial charge in [-0.1, -0.05) is 0 Å². The van der Waals surface area contributed by atoms with Crippen molar-refractivity contribution >= 4 is 12.6 Å². The van der Waals surface area contributed by atoms with Gasteiger partial charge in [-0.25, -0.2) is 0 Å². The van der Waals surface area contributed by atoms with E-state index in [0.29, 0.717) is 5.37 Å². The van der Waals surface area contributed by atoms with Crippen LogP contribution in [0.3, 0.4) is 0 Å². The summed E-state index contributed by atoms with van der Waals surface area (Å²) in [5, 5.41) is 6.60. The largest absolute Gasteiger partial charge is 0.320 e. The molecule has 0 heterocycles. The van der Waals surface area contributed by atoms with Crippen molar-refractivity contribution in [2.45, 2.75) is 18.7 Å². The van der Waals surface area contributed by atoms with Gasteiger partial charge in [-0.3, -0.25) is 0 Å². The zero-order valence-electron chi connectivity index (χ0n) is 6.15. The Morgan fingerprint density at radius 2 is 2.11 bits per heavy atom. The summed E-state index contributed by atoms with van der Waals surface area (Å²) >= 11 is 4.17. The van der Waals surface area contributed by atoms with Gasteiger partial charge in [0, 0.05) is 5.37 Å². The third-order valence-electron chi connectivity index (χ3n) is 1.04. The SMILES string of the molecule is CNCCCNC(C)S. The first-order valence-electron chi connectivity index (χ1n) is 3.33. The van der Waals surface area contributed by atoms with E-state index >= 15 is 0 Å². The molecule has 3 heteroatoms. The summed E-state index contributed by atoms with van der Waals surface area (Å²) in [6.07, 6.45) is 1.17. The first-order valence-corrected chi connectivity index (χ1v) is 3.85. The van der Waals surface area contributed by atoms with Crippen LogP contribution in [0.2, 0.25) is 0 Å². The quantitative estimate of drug-likeness (QED) is 0.300. The highest BCUT2D eigenvalue weighted by Gasteiger charge is 1.89. The lowest BCUT2D eigenvalue weighted by Gasteiger charge is -2.05. The van der Waals surface area contributed by atoms with Gasteiger partial charge in [0.05, 0.1) is 0 Å². The molecule has 9 heavy (non-hydrogen) atoms. The molecule has 0 bridgehead atoms. The van der Waals surface area contributed by atoms with Crippen molar-refractivity contribution in [1.82, 2.24) is 10.6 Å². The van der Waals surface area contributed by atoms with Crippen molar-refractivity contribution < 1.29 is 0 Å². The minimum atomic E-state index is 0.321. The summed E-state index contributed by atoms with van der Waals surface area (Å²) in [4.78, 5) is 0. The number of hydrogen-bond donors (Lipinski definition) is 3. The van der Waals surface area contributed by atoms with Gasteiger partial charge in [-0.2, -0.15) is 12.6 Å². The summed E-state index contributed by atoms with van der Waals surface area (Å²) in [5.41, 5.74) is 0. The van der Waals surface area contributed by atoms with Crippen LogP contribution in [-0.2, 0) is 0 Å². The van der Waals surface area contributed by atoms with Crippen LogP contribution in [0.15, 0.2) is 0 Å². The molecule has 0 aromatic heterocycles. The van der Waals surface area contributed by atoms with E-state index in [4.69, 9.17) is 0 Å². The highest BCUT2D eigenvalue weighted by atomic mass is 32.1. The number of rotatable bonds is 5. The molecule has 2 N–H and O–H groups in total. The molecule has 0 aromatic carbocycles. The van der Waals surface area contributed by atoms with E-state index in [1.54, 1.807) is 0 Å². The molecule has 0 rings (SSSR count). The van der Waals surface area contributed by atoms with E-state index in [0.717, 1.165) is 13.1 Å². The van der Waals surface area contributed by atoms with Crippen LogP contribution in [0.1, 0.15) is 13.3 Å². The van der Waals surface area contributed by atoms with Gasteiger partial charge < -0.3 is 10.6 Å². The third-order valence-corrected chi connectivity index (χ3v) is 1.23. The van der Waals surface area contributed by atoms with Gasteiger partial charge in [-0.15, -0.1) is 0 Å². The smallest absolute Gasteiger partial charge is 0.0473 e. The lowest BCUT2D eigenvalue weighted by Crippen LogP contribution is -2.24. The molecule has 0 fully saturated rings. The van der Waals surface area contributed by atoms with Crippen molar-refractivity contribution in [1.29, 1.82) is 0 Å². The monoisotopic (exact) mass is 148 g/mol. The van der Waals surface area contributed by atoms with Gasteiger partial charge >= 0.3 is 0 Å². The van der Waals surface area contributed by atoms with Crippen LogP contribution in [0.5, 0.6) is 0 Å². The fourth-order valence-electron chi connectivity index (χ4n) is 0.576. The van der Waals surface area contributed by atoms with Gasteiger partial charge in [-0.05, 0) is 33.5 Å². The Morgan fingerprint density at radius 3 is 2.56 bits per heavy atom. The molecule has 1 unspecified atom stereocenters. The Kier molecular flexibility index (Phi) is 6.58. The second-order valence-electron chi connectivity index (χ2n) is 2.09. The van der Waals surface area contributed by atoms with Crippen molar-refractivity contribution in [3.8, 4) is 0 Å². The maximum absolute atomic E-state index is 4.17. The molecule has 0 aliphatic rings. The first kappa shape index (κ1) is 9.27. The van der Waals surface area contributed by atoms with E-state index in [1.807, 2.05) is 14.0 Å². The van der Waals surface area contributed by atoms with Gasteiger partial charge in [0.2, 0.25) is 0 Å². The Bertz CT molecular complexity index is 57.0. The maximum Gasteiger partial charge on any atom is 0.0473 e. The van der Waals surface area contributed by atoms with E-state index in [1.165, 1.54) is 6.42 Å². The average molecular weight is 148 g/mol. The second kappa shape index (κ2) is 6.39. The lowest BCUT2D eigenvalue weighted by atomic mass is 10.4. The van der Waals surface area contributed by atoms with Gasteiger partial charge in [0.25, 0.3) is 0 Å². The molecule has 2 nitrogen and oxygen atoms in total. The number of hydrogen-bond acceptors (Lipinski definition) is 3. The minimum Gasteiger partial charge on any atom is -0.320 e. The Morgan fingerprint density at radius 1 is 1.44 bits per heavy atom. The zero-order chi connectivity index (χ0) is 7.11. The van der Waals surface area contributed by atoms with Crippen LogP contribution in [0.25, 0.3) is 0 Å². The molecule has 0 amide bonds. The van der Waals surface area contributed by atoms with Gasteiger partial charge in [0.15, 0.2) is 0 Å². The summed E-state index contributed by atoms with van der Waals surface area (Å²) in [5.74, 6) is 0. The van der Waals surface area contributed by atoms with E-state index in [-0.39, 0.29) is 0 Å². The second-order valence-corrected chi connectivity index (χ2v) is 2.86. The molecular weight excluding hydrogens is 132 g/mol. The molecule has 0 saturated heterocycles. The Labute approximate surface area is 62.8 Å². The molecular formula is C6H16N2S. The van der Waals surface area contributed by atoms with Crippen LogP contribution in [0.4, 0.5) is 0 Å². The van der Waals surface area contributed by atoms with Crippen LogP contribution in [-0.4, -0.2) is 25.5 Å². The first-order chi connectivity index (χ1) is 4.27. The fourth-order valence-corrected chi connectivity index (χ4v) is 0.705. The molecule has 0 aliphatic heterocycles. The molecule has 0 spiro atoms. The van der Waals surface area contributed by atoms with E-state index < -0.39 is 0 Å². The number of nitrogens with one attached hydrogen (secondary N) is 2. The molecule has 56 valence electrons. The fraction of sp³-hybridized carbons (Fsp3) is 1.00.